The summed E-state index contributed by atoms with van der Waals surface area (Å²) in [6.45, 7) is 4.46. The van der Waals surface area contributed by atoms with Gasteiger partial charge in [0.05, 0.1) is 11.2 Å². The van der Waals surface area contributed by atoms with Crippen LogP contribution < -0.4 is 0 Å². The Hall–Kier alpha value is -1.90. The van der Waals surface area contributed by atoms with Crippen LogP contribution in [0.3, 0.4) is 0 Å². The summed E-state index contributed by atoms with van der Waals surface area (Å²) < 4.78 is 3.09. The molecule has 0 aliphatic carbocycles. The van der Waals surface area contributed by atoms with Crippen molar-refractivity contribution in [3.05, 3.63) is 52.9 Å². The topological polar surface area (TPSA) is 30.7 Å². The van der Waals surface area contributed by atoms with Crippen molar-refractivity contribution in [2.45, 2.75) is 19.4 Å². The molecule has 3 aromatic rings. The van der Waals surface area contributed by atoms with Crippen LogP contribution in [0.1, 0.15) is 19.5 Å². The quantitative estimate of drug-likeness (QED) is 0.511. The van der Waals surface area contributed by atoms with Crippen molar-refractivity contribution < 1.29 is 0 Å². The van der Waals surface area contributed by atoms with Crippen molar-refractivity contribution in [1.29, 1.82) is 0 Å². The van der Waals surface area contributed by atoms with E-state index in [1.807, 2.05) is 16.7 Å². The van der Waals surface area contributed by atoms with E-state index in [0.717, 1.165) is 21.1 Å². The van der Waals surface area contributed by atoms with Crippen molar-refractivity contribution >= 4 is 36.4 Å². The zero-order valence-electron chi connectivity index (χ0n) is 12.5. The maximum Gasteiger partial charge on any atom is 0.235 e. The minimum absolute atomic E-state index is 0.362. The largest absolute Gasteiger partial charge is 0.271 e. The molecule has 0 bridgehead atoms. The fourth-order valence-electron chi connectivity index (χ4n) is 2.25. The Morgan fingerprint density at radius 1 is 1.18 bits per heavy atom. The van der Waals surface area contributed by atoms with Gasteiger partial charge in [-0.1, -0.05) is 35.7 Å². The molecule has 0 amide bonds. The van der Waals surface area contributed by atoms with E-state index in [1.54, 1.807) is 12.4 Å². The number of benzene rings is 1. The molecule has 0 N–H and O–H groups in total. The van der Waals surface area contributed by atoms with Gasteiger partial charge in [-0.05, 0) is 35.9 Å². The number of nitrogens with zero attached hydrogens (tertiary/aromatic N) is 3. The van der Waals surface area contributed by atoms with Crippen molar-refractivity contribution in [2.24, 2.45) is 0 Å². The average molecular weight is 370 g/mol. The van der Waals surface area contributed by atoms with E-state index in [-0.39, 0.29) is 9.52 Å². The molecule has 0 atom stereocenters. The maximum absolute atomic E-state index is 4.38. The summed E-state index contributed by atoms with van der Waals surface area (Å²) in [5.74, 6) is 3.99. The summed E-state index contributed by atoms with van der Waals surface area (Å²) >= 11 is 3.52. The van der Waals surface area contributed by atoms with Gasteiger partial charge in [-0.25, -0.2) is 9.97 Å². The Kier molecular flexibility index (Phi) is 4.41. The van der Waals surface area contributed by atoms with Crippen LogP contribution in [0.2, 0.25) is 5.54 Å². The number of fused-ring (bicyclic) bond motifs is 1. The van der Waals surface area contributed by atoms with Gasteiger partial charge in [-0.15, -0.1) is 5.54 Å². The Morgan fingerprint density at radius 3 is 2.68 bits per heavy atom. The van der Waals surface area contributed by atoms with Gasteiger partial charge >= 0.3 is 0 Å². The second kappa shape index (κ2) is 6.47. The third kappa shape index (κ3) is 3.13. The summed E-state index contributed by atoms with van der Waals surface area (Å²) in [5.41, 5.74) is 6.11. The molecule has 22 heavy (non-hydrogen) atoms. The third-order valence-corrected chi connectivity index (χ3v) is 4.93. The van der Waals surface area contributed by atoms with Crippen LogP contribution in [-0.4, -0.2) is 24.1 Å². The minimum atomic E-state index is -0.362. The molecule has 5 heteroatoms. The van der Waals surface area contributed by atoms with E-state index in [0.29, 0.717) is 11.5 Å². The van der Waals surface area contributed by atoms with Crippen LogP contribution in [0.5, 0.6) is 0 Å². The molecule has 0 saturated heterocycles. The van der Waals surface area contributed by atoms with Gasteiger partial charge in [0.15, 0.2) is 0 Å². The first-order chi connectivity index (χ1) is 10.6. The van der Waals surface area contributed by atoms with Crippen LogP contribution in [0, 0.1) is 11.5 Å². The lowest BCUT2D eigenvalue weighted by Crippen LogP contribution is -2.02. The number of rotatable bonds is 2. The van der Waals surface area contributed by atoms with Crippen molar-refractivity contribution in [1.82, 2.24) is 14.5 Å². The standard InChI is InChI=1S/C17H16BrN3Si/c1-12(2)22-9-6-15-11-13-10-14(18)4-5-16(13)21(15)17-19-7-3-8-20-17/h3-5,7-8,10-12H,22H2,1-2H3. The number of hydrogen-bond donors (Lipinski definition) is 0. The fraction of sp³-hybridized carbons (Fsp3) is 0.176. The molecule has 0 radical (unpaired) electrons. The lowest BCUT2D eigenvalue weighted by Gasteiger charge is -2.05. The Labute approximate surface area is 140 Å². The predicted molar refractivity (Wildman–Crippen MR) is 97.1 cm³/mol. The van der Waals surface area contributed by atoms with Crippen LogP contribution >= 0.6 is 15.9 Å². The molecule has 0 unspecified atom stereocenters. The molecule has 0 fully saturated rings. The minimum Gasteiger partial charge on any atom is -0.271 e. The van der Waals surface area contributed by atoms with Crippen molar-refractivity contribution in [2.75, 3.05) is 0 Å². The molecule has 0 aliphatic heterocycles. The van der Waals surface area contributed by atoms with Crippen LogP contribution in [0.15, 0.2) is 47.2 Å². The van der Waals surface area contributed by atoms with Gasteiger partial charge in [-0.3, -0.25) is 4.57 Å². The molecule has 0 saturated carbocycles. The maximum atomic E-state index is 4.38. The lowest BCUT2D eigenvalue weighted by molar-refractivity contribution is 0.951. The van der Waals surface area contributed by atoms with E-state index < -0.39 is 0 Å². The highest BCUT2D eigenvalue weighted by molar-refractivity contribution is 9.10. The highest BCUT2D eigenvalue weighted by atomic mass is 79.9. The SMILES string of the molecule is CC(C)[SiH2]C#Cc1cc2cc(Br)ccc2n1-c1ncccn1. The summed E-state index contributed by atoms with van der Waals surface area (Å²) in [6.07, 6.45) is 3.51. The van der Waals surface area contributed by atoms with Crippen molar-refractivity contribution in [3.8, 4) is 17.4 Å². The fourth-order valence-corrected chi connectivity index (χ4v) is 3.32. The van der Waals surface area contributed by atoms with E-state index in [9.17, 15) is 0 Å². The van der Waals surface area contributed by atoms with Gasteiger partial charge in [0.1, 0.15) is 9.52 Å². The highest BCUT2D eigenvalue weighted by Gasteiger charge is 2.11. The molecule has 2 heterocycles. The zero-order valence-corrected chi connectivity index (χ0v) is 15.5. The van der Waals surface area contributed by atoms with Crippen molar-refractivity contribution in [3.63, 3.8) is 0 Å². The first kappa shape index (κ1) is 15.0. The molecule has 0 spiro atoms. The lowest BCUT2D eigenvalue weighted by atomic mass is 10.2. The normalized spacial score (nSPS) is 11.3. The Balaban J connectivity index is 2.19. The van der Waals surface area contributed by atoms with Crippen LogP contribution in [0.4, 0.5) is 0 Å². The molecule has 3 rings (SSSR count). The average Bonchev–Trinajstić information content (AvgIpc) is 2.85. The molecular formula is C17H16BrN3Si. The van der Waals surface area contributed by atoms with Gasteiger partial charge < -0.3 is 0 Å². The molecule has 2 aromatic heterocycles. The van der Waals surface area contributed by atoms with Gasteiger partial charge in [0, 0.05) is 22.3 Å². The van der Waals surface area contributed by atoms with E-state index in [1.165, 1.54) is 0 Å². The summed E-state index contributed by atoms with van der Waals surface area (Å²) in [6, 6.07) is 10.1. The first-order valence-electron chi connectivity index (χ1n) is 7.22. The van der Waals surface area contributed by atoms with Gasteiger partial charge in [0.25, 0.3) is 0 Å². The summed E-state index contributed by atoms with van der Waals surface area (Å²) in [4.78, 5) is 8.76. The van der Waals surface area contributed by atoms with E-state index in [4.69, 9.17) is 0 Å². The van der Waals surface area contributed by atoms with Gasteiger partial charge in [-0.2, -0.15) is 0 Å². The number of aromatic nitrogens is 3. The Morgan fingerprint density at radius 2 is 1.95 bits per heavy atom. The smallest absolute Gasteiger partial charge is 0.235 e. The van der Waals surface area contributed by atoms with E-state index in [2.05, 4.69) is 69.4 Å². The number of halogens is 1. The van der Waals surface area contributed by atoms with Crippen LogP contribution in [0.25, 0.3) is 16.9 Å². The predicted octanol–water partition coefficient (Wildman–Crippen LogP) is 3.49. The van der Waals surface area contributed by atoms with E-state index >= 15 is 0 Å². The zero-order chi connectivity index (χ0) is 15.5. The molecule has 110 valence electrons. The number of hydrogen-bond acceptors (Lipinski definition) is 2. The summed E-state index contributed by atoms with van der Waals surface area (Å²) in [7, 11) is -0.362. The highest BCUT2D eigenvalue weighted by Crippen LogP contribution is 2.25. The van der Waals surface area contributed by atoms with Gasteiger partial charge in [0.2, 0.25) is 5.95 Å². The third-order valence-electron chi connectivity index (χ3n) is 3.24. The molecule has 1 aromatic carbocycles. The molecule has 3 nitrogen and oxygen atoms in total. The Bertz CT molecular complexity index is 860. The molecule has 0 aliphatic rings. The monoisotopic (exact) mass is 369 g/mol. The molecular weight excluding hydrogens is 354 g/mol. The first-order valence-corrected chi connectivity index (χ1v) is 9.54. The second-order valence-corrected chi connectivity index (χ2v) is 8.83. The second-order valence-electron chi connectivity index (χ2n) is 5.52. The summed E-state index contributed by atoms with van der Waals surface area (Å²) in [5, 5.41) is 1.14. The van der Waals surface area contributed by atoms with Crippen LogP contribution in [-0.2, 0) is 0 Å².